The van der Waals surface area contributed by atoms with E-state index in [4.69, 9.17) is 0 Å². The molecule has 10 heteroatoms. The highest BCUT2D eigenvalue weighted by molar-refractivity contribution is 7.89. The van der Waals surface area contributed by atoms with E-state index in [-0.39, 0.29) is 10.5 Å². The van der Waals surface area contributed by atoms with Gasteiger partial charge in [-0.05, 0) is 18.2 Å². The van der Waals surface area contributed by atoms with Crippen molar-refractivity contribution in [1.82, 2.24) is 14.3 Å². The van der Waals surface area contributed by atoms with Crippen LogP contribution in [0, 0.1) is 0 Å². The number of thiazole rings is 1. The van der Waals surface area contributed by atoms with Crippen molar-refractivity contribution in [3.05, 3.63) is 51.8 Å². The molecule has 2 heterocycles. The zero-order valence-corrected chi connectivity index (χ0v) is 16.4. The minimum Gasteiger partial charge on any atom is -0.322 e. The number of sulfonamides is 1. The second kappa shape index (κ2) is 7.59. The van der Waals surface area contributed by atoms with Crippen molar-refractivity contribution in [3.63, 3.8) is 0 Å². The van der Waals surface area contributed by atoms with Crippen LogP contribution in [0.2, 0.25) is 0 Å². The predicted molar refractivity (Wildman–Crippen MR) is 105 cm³/mol. The molecule has 0 spiro atoms. The van der Waals surface area contributed by atoms with Gasteiger partial charge >= 0.3 is 0 Å². The van der Waals surface area contributed by atoms with Crippen LogP contribution in [0.5, 0.6) is 0 Å². The molecular formula is C17H18N4O4S2. The first-order valence-corrected chi connectivity index (χ1v) is 10.6. The SMILES string of the molecule is CCN(CC)S(=O)(=O)c1ccc2[nH]c(=O)cc(C(=O)Nc3nccs3)c2c1. The van der Waals surface area contributed by atoms with E-state index in [2.05, 4.69) is 15.3 Å². The molecule has 2 N–H and O–H groups in total. The Morgan fingerprint density at radius 1 is 1.26 bits per heavy atom. The molecule has 0 aliphatic carbocycles. The van der Waals surface area contributed by atoms with E-state index in [1.807, 2.05) is 0 Å². The number of aromatic amines is 1. The number of H-pyrrole nitrogens is 1. The van der Waals surface area contributed by atoms with E-state index in [1.54, 1.807) is 25.4 Å². The lowest BCUT2D eigenvalue weighted by molar-refractivity contribution is 0.102. The summed E-state index contributed by atoms with van der Waals surface area (Å²) in [5, 5.41) is 5.06. The quantitative estimate of drug-likeness (QED) is 0.652. The van der Waals surface area contributed by atoms with E-state index in [0.717, 1.165) is 6.07 Å². The van der Waals surface area contributed by atoms with Crippen LogP contribution in [0.15, 0.2) is 45.5 Å². The van der Waals surface area contributed by atoms with Gasteiger partial charge in [-0.15, -0.1) is 11.3 Å². The number of nitrogens with zero attached hydrogens (tertiary/aromatic N) is 2. The Kier molecular flexibility index (Phi) is 5.40. The summed E-state index contributed by atoms with van der Waals surface area (Å²) >= 11 is 1.24. The van der Waals surface area contributed by atoms with Crippen LogP contribution in [-0.4, -0.2) is 41.7 Å². The van der Waals surface area contributed by atoms with Gasteiger partial charge in [0.15, 0.2) is 5.13 Å². The van der Waals surface area contributed by atoms with Crippen molar-refractivity contribution in [2.75, 3.05) is 18.4 Å². The molecule has 0 radical (unpaired) electrons. The zero-order chi connectivity index (χ0) is 19.6. The molecule has 1 amide bonds. The lowest BCUT2D eigenvalue weighted by atomic mass is 10.1. The Labute approximate surface area is 159 Å². The maximum Gasteiger partial charge on any atom is 0.258 e. The number of benzene rings is 1. The number of aromatic nitrogens is 2. The molecule has 0 atom stereocenters. The normalized spacial score (nSPS) is 11.8. The van der Waals surface area contributed by atoms with Crippen LogP contribution in [0.4, 0.5) is 5.13 Å². The van der Waals surface area contributed by atoms with Gasteiger partial charge in [0.05, 0.1) is 10.5 Å². The molecule has 0 saturated heterocycles. The largest absolute Gasteiger partial charge is 0.322 e. The summed E-state index contributed by atoms with van der Waals surface area (Å²) in [5.74, 6) is -0.529. The van der Waals surface area contributed by atoms with Crippen molar-refractivity contribution in [1.29, 1.82) is 0 Å². The first-order chi connectivity index (χ1) is 12.9. The average Bonchev–Trinajstić information content (AvgIpc) is 3.14. The fourth-order valence-electron chi connectivity index (χ4n) is 2.74. The van der Waals surface area contributed by atoms with Gasteiger partial charge in [0.25, 0.3) is 5.91 Å². The van der Waals surface area contributed by atoms with Gasteiger partial charge in [-0.1, -0.05) is 13.8 Å². The highest BCUT2D eigenvalue weighted by atomic mass is 32.2. The number of amides is 1. The number of carbonyl (C=O) groups is 1. The van der Waals surface area contributed by atoms with Gasteiger partial charge in [-0.3, -0.25) is 14.9 Å². The third kappa shape index (κ3) is 3.77. The zero-order valence-electron chi connectivity index (χ0n) is 14.7. The smallest absolute Gasteiger partial charge is 0.258 e. The van der Waals surface area contributed by atoms with E-state index in [1.165, 1.54) is 33.8 Å². The van der Waals surface area contributed by atoms with Gasteiger partial charge in [-0.25, -0.2) is 13.4 Å². The van der Waals surface area contributed by atoms with Crippen LogP contribution in [0.25, 0.3) is 10.9 Å². The minimum absolute atomic E-state index is 0.0639. The predicted octanol–water partition coefficient (Wildman–Crippen LogP) is 2.27. The van der Waals surface area contributed by atoms with Crippen LogP contribution < -0.4 is 10.9 Å². The van der Waals surface area contributed by atoms with Gasteiger partial charge in [0.2, 0.25) is 15.6 Å². The Bertz CT molecular complexity index is 1130. The molecule has 0 unspecified atom stereocenters. The molecule has 0 saturated carbocycles. The van der Waals surface area contributed by atoms with Crippen molar-refractivity contribution >= 4 is 43.3 Å². The van der Waals surface area contributed by atoms with Crippen molar-refractivity contribution in [2.45, 2.75) is 18.7 Å². The molecule has 0 bridgehead atoms. The van der Waals surface area contributed by atoms with E-state index in [0.29, 0.717) is 29.1 Å². The molecule has 0 aliphatic heterocycles. The van der Waals surface area contributed by atoms with Crippen LogP contribution in [0.1, 0.15) is 24.2 Å². The highest BCUT2D eigenvalue weighted by Gasteiger charge is 2.23. The van der Waals surface area contributed by atoms with Gasteiger partial charge in [0.1, 0.15) is 0 Å². The Morgan fingerprint density at radius 2 is 2.00 bits per heavy atom. The summed E-state index contributed by atoms with van der Waals surface area (Å²) in [6, 6.07) is 5.48. The van der Waals surface area contributed by atoms with Crippen molar-refractivity contribution in [3.8, 4) is 0 Å². The first-order valence-electron chi connectivity index (χ1n) is 8.25. The monoisotopic (exact) mass is 406 g/mol. The van der Waals surface area contributed by atoms with E-state index >= 15 is 0 Å². The molecule has 27 heavy (non-hydrogen) atoms. The van der Waals surface area contributed by atoms with Gasteiger partial charge < -0.3 is 4.98 Å². The van der Waals surface area contributed by atoms with Gasteiger partial charge in [-0.2, -0.15) is 4.31 Å². The lowest BCUT2D eigenvalue weighted by Gasteiger charge is -2.18. The molecule has 3 rings (SSSR count). The molecule has 1 aromatic carbocycles. The Hall–Kier alpha value is -2.56. The number of hydrogen-bond acceptors (Lipinski definition) is 6. The standard InChI is InChI=1S/C17H18N4O4S2/c1-3-21(4-2)27(24,25)11-5-6-14-12(9-11)13(10-15(22)19-14)16(23)20-17-18-7-8-26-17/h5-10H,3-4H2,1-2H3,(H,19,22)(H,18,20,23). The topological polar surface area (TPSA) is 112 Å². The maximum absolute atomic E-state index is 12.8. The molecule has 0 aliphatic rings. The third-order valence-electron chi connectivity index (χ3n) is 4.06. The number of nitrogens with one attached hydrogen (secondary N) is 2. The van der Waals surface area contributed by atoms with Gasteiger partial charge in [0, 0.05) is 41.6 Å². The van der Waals surface area contributed by atoms with Crippen molar-refractivity contribution < 1.29 is 13.2 Å². The number of pyridine rings is 1. The summed E-state index contributed by atoms with van der Waals surface area (Å²) < 4.78 is 26.9. The van der Waals surface area contributed by atoms with E-state index in [9.17, 15) is 18.0 Å². The second-order valence-electron chi connectivity index (χ2n) is 5.64. The molecule has 0 fully saturated rings. The summed E-state index contributed by atoms with van der Waals surface area (Å²) in [6.07, 6.45) is 1.55. The highest BCUT2D eigenvalue weighted by Crippen LogP contribution is 2.23. The number of carbonyl (C=O) groups excluding carboxylic acids is 1. The minimum atomic E-state index is -3.70. The summed E-state index contributed by atoms with van der Waals surface area (Å²) in [6.45, 7) is 4.18. The number of anilines is 1. The number of rotatable bonds is 6. The molecule has 8 nitrogen and oxygen atoms in total. The molecule has 3 aromatic rings. The van der Waals surface area contributed by atoms with Crippen LogP contribution in [-0.2, 0) is 10.0 Å². The third-order valence-corrected chi connectivity index (χ3v) is 6.79. The molecule has 2 aromatic heterocycles. The summed E-state index contributed by atoms with van der Waals surface area (Å²) in [7, 11) is -3.70. The van der Waals surface area contributed by atoms with Crippen molar-refractivity contribution in [2.24, 2.45) is 0 Å². The summed E-state index contributed by atoms with van der Waals surface area (Å²) in [4.78, 5) is 31.2. The van der Waals surface area contributed by atoms with Crippen LogP contribution in [0.3, 0.4) is 0 Å². The Morgan fingerprint density at radius 3 is 2.63 bits per heavy atom. The Balaban J connectivity index is 2.14. The molecular weight excluding hydrogens is 388 g/mol. The average molecular weight is 406 g/mol. The fraction of sp³-hybridized carbons (Fsp3) is 0.235. The van der Waals surface area contributed by atoms with E-state index < -0.39 is 21.5 Å². The molecule has 142 valence electrons. The first kappa shape index (κ1) is 19.2. The summed E-state index contributed by atoms with van der Waals surface area (Å²) in [5.41, 5.74) is 0.0111. The second-order valence-corrected chi connectivity index (χ2v) is 8.47. The maximum atomic E-state index is 12.8. The number of hydrogen-bond donors (Lipinski definition) is 2. The lowest BCUT2D eigenvalue weighted by Crippen LogP contribution is -2.30. The van der Waals surface area contributed by atoms with Crippen LogP contribution >= 0.6 is 11.3 Å². The fourth-order valence-corrected chi connectivity index (χ4v) is 4.75. The number of fused-ring (bicyclic) bond motifs is 1.